The fourth-order valence-electron chi connectivity index (χ4n) is 1.83. The van der Waals surface area contributed by atoms with Crippen LogP contribution in [-0.2, 0) is 11.3 Å². The molecule has 0 unspecified atom stereocenters. The van der Waals surface area contributed by atoms with E-state index in [2.05, 4.69) is 0 Å². The number of ether oxygens (including phenoxy) is 3. The van der Waals surface area contributed by atoms with Crippen LogP contribution in [0.2, 0.25) is 0 Å². The molecule has 0 aliphatic heterocycles. The second-order valence-corrected chi connectivity index (χ2v) is 4.10. The van der Waals surface area contributed by atoms with Crippen LogP contribution in [0.5, 0.6) is 11.5 Å². The molecular formula is C16H16O4. The molecule has 0 aromatic heterocycles. The molecule has 0 aliphatic rings. The molecule has 0 radical (unpaired) electrons. The molecule has 20 heavy (non-hydrogen) atoms. The zero-order valence-corrected chi connectivity index (χ0v) is 11.5. The van der Waals surface area contributed by atoms with Crippen LogP contribution in [0.1, 0.15) is 15.9 Å². The van der Waals surface area contributed by atoms with Gasteiger partial charge in [0.1, 0.15) is 12.2 Å². The lowest BCUT2D eigenvalue weighted by Gasteiger charge is -2.13. The Morgan fingerprint density at radius 3 is 2.40 bits per heavy atom. The van der Waals surface area contributed by atoms with Gasteiger partial charge in [-0.3, -0.25) is 0 Å². The first-order chi connectivity index (χ1) is 9.76. The summed E-state index contributed by atoms with van der Waals surface area (Å²) in [6.45, 7) is 0.352. The first-order valence-electron chi connectivity index (χ1n) is 6.18. The lowest BCUT2D eigenvalue weighted by Crippen LogP contribution is -2.07. The van der Waals surface area contributed by atoms with Gasteiger partial charge in [-0.1, -0.05) is 36.4 Å². The Kier molecular flexibility index (Phi) is 4.60. The van der Waals surface area contributed by atoms with E-state index in [1.807, 2.05) is 30.3 Å². The summed E-state index contributed by atoms with van der Waals surface area (Å²) in [4.78, 5) is 11.8. The van der Waals surface area contributed by atoms with E-state index < -0.39 is 5.97 Å². The van der Waals surface area contributed by atoms with Gasteiger partial charge < -0.3 is 14.2 Å². The van der Waals surface area contributed by atoms with Crippen LogP contribution in [0.25, 0.3) is 0 Å². The Labute approximate surface area is 117 Å². The van der Waals surface area contributed by atoms with Gasteiger partial charge in [0.15, 0.2) is 11.5 Å². The highest BCUT2D eigenvalue weighted by Crippen LogP contribution is 2.32. The van der Waals surface area contributed by atoms with Gasteiger partial charge in [0.05, 0.1) is 14.2 Å². The van der Waals surface area contributed by atoms with E-state index in [1.165, 1.54) is 14.2 Å². The summed E-state index contributed by atoms with van der Waals surface area (Å²) in [5, 5.41) is 0. The third-order valence-corrected chi connectivity index (χ3v) is 2.83. The third kappa shape index (κ3) is 3.09. The van der Waals surface area contributed by atoms with E-state index >= 15 is 0 Å². The molecule has 0 saturated carbocycles. The molecule has 0 spiro atoms. The summed E-state index contributed by atoms with van der Waals surface area (Å²) in [7, 11) is 2.87. The molecule has 2 aromatic carbocycles. The molecule has 0 fully saturated rings. The number of para-hydroxylation sites is 1. The molecule has 4 heteroatoms. The summed E-state index contributed by atoms with van der Waals surface area (Å²) in [5.41, 5.74) is 1.36. The van der Waals surface area contributed by atoms with Crippen molar-refractivity contribution in [1.29, 1.82) is 0 Å². The van der Waals surface area contributed by atoms with Crippen molar-refractivity contribution in [3.63, 3.8) is 0 Å². The highest BCUT2D eigenvalue weighted by molar-refractivity contribution is 5.93. The maximum Gasteiger partial charge on any atom is 0.341 e. The molecule has 0 atom stereocenters. The molecular weight excluding hydrogens is 256 g/mol. The highest BCUT2D eigenvalue weighted by atomic mass is 16.5. The Morgan fingerprint density at radius 2 is 1.75 bits per heavy atom. The van der Waals surface area contributed by atoms with Gasteiger partial charge in [-0.25, -0.2) is 4.79 Å². The zero-order valence-electron chi connectivity index (χ0n) is 11.5. The zero-order chi connectivity index (χ0) is 14.4. The normalized spacial score (nSPS) is 9.90. The number of esters is 1. The fraction of sp³-hybridized carbons (Fsp3) is 0.188. The number of hydrogen-bond acceptors (Lipinski definition) is 4. The summed E-state index contributed by atoms with van der Waals surface area (Å²) >= 11 is 0. The maximum atomic E-state index is 11.8. The predicted octanol–water partition coefficient (Wildman–Crippen LogP) is 3.06. The lowest BCUT2D eigenvalue weighted by molar-refractivity contribution is 0.0594. The average Bonchev–Trinajstić information content (AvgIpc) is 2.52. The second kappa shape index (κ2) is 6.61. The first kappa shape index (κ1) is 13.9. The van der Waals surface area contributed by atoms with Crippen molar-refractivity contribution >= 4 is 5.97 Å². The van der Waals surface area contributed by atoms with Crippen LogP contribution < -0.4 is 9.47 Å². The predicted molar refractivity (Wildman–Crippen MR) is 75.1 cm³/mol. The Bertz CT molecular complexity index is 578. The molecule has 104 valence electrons. The number of benzene rings is 2. The average molecular weight is 272 g/mol. The number of methoxy groups -OCH3 is 2. The fourth-order valence-corrected chi connectivity index (χ4v) is 1.83. The highest BCUT2D eigenvalue weighted by Gasteiger charge is 2.17. The van der Waals surface area contributed by atoms with Crippen LogP contribution in [0.3, 0.4) is 0 Å². The van der Waals surface area contributed by atoms with Crippen molar-refractivity contribution in [1.82, 2.24) is 0 Å². The smallest absolute Gasteiger partial charge is 0.341 e. The molecule has 2 aromatic rings. The summed E-state index contributed by atoms with van der Waals surface area (Å²) in [6.07, 6.45) is 0. The molecule has 0 heterocycles. The Hall–Kier alpha value is -2.49. The van der Waals surface area contributed by atoms with Crippen LogP contribution in [-0.4, -0.2) is 20.2 Å². The molecule has 0 amide bonds. The van der Waals surface area contributed by atoms with Crippen molar-refractivity contribution in [3.05, 3.63) is 59.7 Å². The topological polar surface area (TPSA) is 44.8 Å². The van der Waals surface area contributed by atoms with Crippen LogP contribution in [0, 0.1) is 0 Å². The number of carbonyl (C=O) groups is 1. The van der Waals surface area contributed by atoms with E-state index in [-0.39, 0.29) is 0 Å². The number of rotatable bonds is 5. The Balaban J connectivity index is 2.26. The van der Waals surface area contributed by atoms with Crippen molar-refractivity contribution in [2.24, 2.45) is 0 Å². The van der Waals surface area contributed by atoms with E-state index in [1.54, 1.807) is 18.2 Å². The number of carbonyl (C=O) groups excluding carboxylic acids is 1. The van der Waals surface area contributed by atoms with Crippen LogP contribution >= 0.6 is 0 Å². The van der Waals surface area contributed by atoms with Gasteiger partial charge in [0.2, 0.25) is 0 Å². The second-order valence-electron chi connectivity index (χ2n) is 4.10. The van der Waals surface area contributed by atoms with Gasteiger partial charge >= 0.3 is 5.97 Å². The summed E-state index contributed by atoms with van der Waals surface area (Å²) < 4.78 is 15.7. The van der Waals surface area contributed by atoms with E-state index in [0.29, 0.717) is 23.7 Å². The minimum atomic E-state index is -0.452. The number of hydrogen-bond donors (Lipinski definition) is 0. The van der Waals surface area contributed by atoms with Crippen molar-refractivity contribution in [3.8, 4) is 11.5 Å². The van der Waals surface area contributed by atoms with Gasteiger partial charge in [-0.2, -0.15) is 0 Å². The molecule has 0 N–H and O–H groups in total. The van der Waals surface area contributed by atoms with Crippen LogP contribution in [0.4, 0.5) is 0 Å². The van der Waals surface area contributed by atoms with Crippen LogP contribution in [0.15, 0.2) is 48.5 Å². The van der Waals surface area contributed by atoms with E-state index in [9.17, 15) is 4.79 Å². The van der Waals surface area contributed by atoms with Gasteiger partial charge in [-0.05, 0) is 17.7 Å². The van der Waals surface area contributed by atoms with Gasteiger partial charge in [0.25, 0.3) is 0 Å². The first-order valence-corrected chi connectivity index (χ1v) is 6.18. The van der Waals surface area contributed by atoms with E-state index in [0.717, 1.165) is 5.56 Å². The van der Waals surface area contributed by atoms with Crippen molar-refractivity contribution < 1.29 is 19.0 Å². The van der Waals surface area contributed by atoms with E-state index in [4.69, 9.17) is 14.2 Å². The molecule has 2 rings (SSSR count). The minimum absolute atomic E-state index is 0.350. The molecule has 0 saturated heterocycles. The SMILES string of the molecule is COC(=O)c1cccc(OC)c1OCc1ccccc1. The third-order valence-electron chi connectivity index (χ3n) is 2.83. The largest absolute Gasteiger partial charge is 0.493 e. The standard InChI is InChI=1S/C16H16O4/c1-18-14-10-6-9-13(16(17)19-2)15(14)20-11-12-7-4-3-5-8-12/h3-10H,11H2,1-2H3. The van der Waals surface area contributed by atoms with Gasteiger partial charge in [0, 0.05) is 0 Å². The Morgan fingerprint density at radius 1 is 1.00 bits per heavy atom. The minimum Gasteiger partial charge on any atom is -0.493 e. The summed E-state index contributed by atoms with van der Waals surface area (Å²) in [6, 6.07) is 14.8. The summed E-state index contributed by atoms with van der Waals surface area (Å²) in [5.74, 6) is 0.446. The van der Waals surface area contributed by atoms with Gasteiger partial charge in [-0.15, -0.1) is 0 Å². The van der Waals surface area contributed by atoms with Crippen molar-refractivity contribution in [2.75, 3.05) is 14.2 Å². The quantitative estimate of drug-likeness (QED) is 0.785. The molecule has 0 aliphatic carbocycles. The maximum absolute atomic E-state index is 11.8. The molecule has 4 nitrogen and oxygen atoms in total. The molecule has 0 bridgehead atoms. The van der Waals surface area contributed by atoms with Crippen molar-refractivity contribution in [2.45, 2.75) is 6.61 Å². The monoisotopic (exact) mass is 272 g/mol. The lowest BCUT2D eigenvalue weighted by atomic mass is 10.2.